The predicted octanol–water partition coefficient (Wildman–Crippen LogP) is 4.28. The molecule has 2 rings (SSSR count). The zero-order valence-electron chi connectivity index (χ0n) is 12.8. The molecule has 0 unspecified atom stereocenters. The van der Waals surface area contributed by atoms with Crippen molar-refractivity contribution in [3.05, 3.63) is 58.7 Å². The monoisotopic (exact) mass is 268 g/mol. The maximum absolute atomic E-state index is 4.83. The number of hydrogen-bond acceptors (Lipinski definition) is 2. The summed E-state index contributed by atoms with van der Waals surface area (Å²) in [6.07, 6.45) is 5.26. The third kappa shape index (κ3) is 3.66. The maximum Gasteiger partial charge on any atom is 0.133 e. The Labute approximate surface area is 122 Å². The molecule has 2 heteroatoms. The van der Waals surface area contributed by atoms with Gasteiger partial charge in [-0.3, -0.25) is 0 Å². The molecule has 0 saturated carbocycles. The Morgan fingerprint density at radius 1 is 0.900 bits per heavy atom. The Morgan fingerprint density at radius 3 is 2.25 bits per heavy atom. The van der Waals surface area contributed by atoms with Gasteiger partial charge in [0, 0.05) is 17.8 Å². The minimum Gasteiger partial charge on any atom is -0.238 e. The van der Waals surface area contributed by atoms with Crippen LogP contribution in [0.15, 0.2) is 30.3 Å². The van der Waals surface area contributed by atoms with Gasteiger partial charge in [0.1, 0.15) is 5.82 Å². The number of aromatic nitrogens is 2. The molecule has 0 aliphatic heterocycles. The van der Waals surface area contributed by atoms with E-state index < -0.39 is 0 Å². The standard InChI is InChI=1S/C18H24N2/c1-4-9-16-14(3)19-18(20-17(16)10-5-2)13-15-11-7-6-8-12-15/h6-8,11-12H,4-5,9-10,13H2,1-3H3. The van der Waals surface area contributed by atoms with Crippen molar-refractivity contribution < 1.29 is 0 Å². The number of rotatable bonds is 6. The van der Waals surface area contributed by atoms with E-state index >= 15 is 0 Å². The van der Waals surface area contributed by atoms with Crippen LogP contribution in [0.4, 0.5) is 0 Å². The smallest absolute Gasteiger partial charge is 0.133 e. The molecule has 0 bridgehead atoms. The third-order valence-corrected chi connectivity index (χ3v) is 3.54. The van der Waals surface area contributed by atoms with Crippen LogP contribution in [-0.4, -0.2) is 9.97 Å². The lowest BCUT2D eigenvalue weighted by Gasteiger charge is -2.12. The zero-order valence-corrected chi connectivity index (χ0v) is 12.8. The fourth-order valence-electron chi connectivity index (χ4n) is 2.59. The van der Waals surface area contributed by atoms with Crippen LogP contribution >= 0.6 is 0 Å². The van der Waals surface area contributed by atoms with Crippen LogP contribution in [0.1, 0.15) is 55.0 Å². The lowest BCUT2D eigenvalue weighted by atomic mass is 10.0. The minimum atomic E-state index is 0.824. The van der Waals surface area contributed by atoms with Crippen LogP contribution in [0.3, 0.4) is 0 Å². The normalized spacial score (nSPS) is 10.8. The molecular weight excluding hydrogens is 244 g/mol. The van der Waals surface area contributed by atoms with Gasteiger partial charge in [-0.1, -0.05) is 57.0 Å². The first-order chi connectivity index (χ1) is 9.74. The lowest BCUT2D eigenvalue weighted by molar-refractivity contribution is 0.778. The van der Waals surface area contributed by atoms with Gasteiger partial charge in [0.05, 0.1) is 0 Å². The summed E-state index contributed by atoms with van der Waals surface area (Å²) in [4.78, 5) is 9.54. The average Bonchev–Trinajstić information content (AvgIpc) is 2.44. The molecule has 2 nitrogen and oxygen atoms in total. The molecule has 1 aromatic carbocycles. The molecule has 0 aliphatic carbocycles. The molecule has 0 aliphatic rings. The number of aryl methyl sites for hydroxylation is 2. The number of hydrogen-bond donors (Lipinski definition) is 0. The van der Waals surface area contributed by atoms with E-state index in [2.05, 4.69) is 45.0 Å². The summed E-state index contributed by atoms with van der Waals surface area (Å²) in [5.41, 5.74) is 5.06. The second kappa shape index (κ2) is 7.18. The highest BCUT2D eigenvalue weighted by Gasteiger charge is 2.10. The van der Waals surface area contributed by atoms with Crippen LogP contribution in [0.25, 0.3) is 0 Å². The van der Waals surface area contributed by atoms with Gasteiger partial charge in [-0.25, -0.2) is 9.97 Å². The Kier molecular flexibility index (Phi) is 5.28. The Morgan fingerprint density at radius 2 is 1.60 bits per heavy atom. The van der Waals surface area contributed by atoms with E-state index in [-0.39, 0.29) is 0 Å². The highest BCUT2D eigenvalue weighted by atomic mass is 14.9. The van der Waals surface area contributed by atoms with E-state index in [0.29, 0.717) is 0 Å². The van der Waals surface area contributed by atoms with Gasteiger partial charge in [0.25, 0.3) is 0 Å². The topological polar surface area (TPSA) is 25.8 Å². The Bertz CT molecular complexity index is 547. The van der Waals surface area contributed by atoms with Gasteiger partial charge in [-0.2, -0.15) is 0 Å². The van der Waals surface area contributed by atoms with Crippen LogP contribution in [0, 0.1) is 6.92 Å². The second-order valence-corrected chi connectivity index (χ2v) is 5.31. The van der Waals surface area contributed by atoms with Gasteiger partial charge in [-0.05, 0) is 30.9 Å². The van der Waals surface area contributed by atoms with Crippen molar-refractivity contribution >= 4 is 0 Å². The summed E-state index contributed by atoms with van der Waals surface area (Å²) < 4.78 is 0. The van der Waals surface area contributed by atoms with E-state index in [0.717, 1.165) is 43.6 Å². The molecule has 0 saturated heterocycles. The molecule has 20 heavy (non-hydrogen) atoms. The molecule has 1 heterocycles. The summed E-state index contributed by atoms with van der Waals surface area (Å²) >= 11 is 0. The molecule has 0 N–H and O–H groups in total. The highest BCUT2D eigenvalue weighted by Crippen LogP contribution is 2.16. The first-order valence-electron chi connectivity index (χ1n) is 7.63. The van der Waals surface area contributed by atoms with Gasteiger partial charge < -0.3 is 0 Å². The molecule has 2 aromatic rings. The van der Waals surface area contributed by atoms with Crippen molar-refractivity contribution in [1.82, 2.24) is 9.97 Å². The van der Waals surface area contributed by atoms with Crippen molar-refractivity contribution in [3.63, 3.8) is 0 Å². The van der Waals surface area contributed by atoms with Gasteiger partial charge >= 0.3 is 0 Å². The Balaban J connectivity index is 2.30. The minimum absolute atomic E-state index is 0.824. The fraction of sp³-hybridized carbons (Fsp3) is 0.444. The summed E-state index contributed by atoms with van der Waals surface area (Å²) in [5, 5.41) is 0. The van der Waals surface area contributed by atoms with Crippen molar-refractivity contribution in [1.29, 1.82) is 0 Å². The van der Waals surface area contributed by atoms with E-state index in [1.165, 1.54) is 16.8 Å². The van der Waals surface area contributed by atoms with E-state index in [1.54, 1.807) is 0 Å². The maximum atomic E-state index is 4.83. The lowest BCUT2D eigenvalue weighted by Crippen LogP contribution is -2.08. The van der Waals surface area contributed by atoms with Crippen molar-refractivity contribution in [2.75, 3.05) is 0 Å². The summed E-state index contributed by atoms with van der Waals surface area (Å²) in [7, 11) is 0. The van der Waals surface area contributed by atoms with Crippen LogP contribution in [0.2, 0.25) is 0 Å². The first-order valence-corrected chi connectivity index (χ1v) is 7.63. The van der Waals surface area contributed by atoms with Crippen LogP contribution in [0.5, 0.6) is 0 Å². The molecule has 0 atom stereocenters. The molecule has 106 valence electrons. The predicted molar refractivity (Wildman–Crippen MR) is 84.0 cm³/mol. The number of nitrogens with zero attached hydrogens (tertiary/aromatic N) is 2. The quantitative estimate of drug-likeness (QED) is 0.781. The van der Waals surface area contributed by atoms with Gasteiger partial charge in [0.15, 0.2) is 0 Å². The average molecular weight is 268 g/mol. The van der Waals surface area contributed by atoms with Crippen molar-refractivity contribution in [3.8, 4) is 0 Å². The highest BCUT2D eigenvalue weighted by molar-refractivity contribution is 5.28. The van der Waals surface area contributed by atoms with Crippen LogP contribution < -0.4 is 0 Å². The van der Waals surface area contributed by atoms with Crippen molar-refractivity contribution in [2.45, 2.75) is 52.9 Å². The SMILES string of the molecule is CCCc1nc(Cc2ccccc2)nc(C)c1CCC. The van der Waals surface area contributed by atoms with Gasteiger partial charge in [-0.15, -0.1) is 0 Å². The van der Waals surface area contributed by atoms with E-state index in [1.807, 2.05) is 6.07 Å². The Hall–Kier alpha value is -1.70. The fourth-order valence-corrected chi connectivity index (χ4v) is 2.59. The van der Waals surface area contributed by atoms with Crippen molar-refractivity contribution in [2.24, 2.45) is 0 Å². The molecule has 0 radical (unpaired) electrons. The summed E-state index contributed by atoms with van der Waals surface area (Å²) in [5.74, 6) is 0.956. The third-order valence-electron chi connectivity index (χ3n) is 3.54. The second-order valence-electron chi connectivity index (χ2n) is 5.31. The van der Waals surface area contributed by atoms with E-state index in [9.17, 15) is 0 Å². The molecule has 0 fully saturated rings. The van der Waals surface area contributed by atoms with Crippen LogP contribution in [-0.2, 0) is 19.3 Å². The largest absolute Gasteiger partial charge is 0.238 e. The zero-order chi connectivity index (χ0) is 14.4. The molecule has 0 amide bonds. The summed E-state index contributed by atoms with van der Waals surface area (Å²) in [6, 6.07) is 10.5. The molecule has 1 aromatic heterocycles. The first kappa shape index (κ1) is 14.7. The number of benzene rings is 1. The van der Waals surface area contributed by atoms with Gasteiger partial charge in [0.2, 0.25) is 0 Å². The molecular formula is C18H24N2. The summed E-state index contributed by atoms with van der Waals surface area (Å²) in [6.45, 7) is 6.55. The van der Waals surface area contributed by atoms with E-state index in [4.69, 9.17) is 9.97 Å². The molecule has 0 spiro atoms.